The van der Waals surface area contributed by atoms with Crippen molar-refractivity contribution >= 4 is 0 Å². The Kier molecular flexibility index (Phi) is 3.33. The summed E-state index contributed by atoms with van der Waals surface area (Å²) < 4.78 is 26.4. The Morgan fingerprint density at radius 1 is 0.905 bits per heavy atom. The molecule has 1 saturated carbocycles. The quantitative estimate of drug-likeness (QED) is 0.884. The molecule has 21 heavy (non-hydrogen) atoms. The number of aliphatic hydroxyl groups is 1. The van der Waals surface area contributed by atoms with Gasteiger partial charge >= 0.3 is 0 Å². The molecule has 0 aromatic heterocycles. The predicted molar refractivity (Wildman–Crippen MR) is 77.8 cm³/mol. The lowest BCUT2D eigenvalue weighted by atomic mass is 9.72. The van der Waals surface area contributed by atoms with Gasteiger partial charge in [0.2, 0.25) is 0 Å². The molecule has 0 spiro atoms. The van der Waals surface area contributed by atoms with Gasteiger partial charge in [-0.15, -0.1) is 0 Å². The number of hydrogen-bond donors (Lipinski definition) is 1. The molecule has 0 atom stereocenters. The first-order valence-electron chi connectivity index (χ1n) is 7.26. The van der Waals surface area contributed by atoms with E-state index in [0.29, 0.717) is 11.1 Å². The maximum atomic E-state index is 13.2. The average Bonchev–Trinajstić information content (AvgIpc) is 3.29. The highest BCUT2D eigenvalue weighted by atomic mass is 19.1. The summed E-state index contributed by atoms with van der Waals surface area (Å²) in [7, 11) is 0. The Morgan fingerprint density at radius 2 is 1.29 bits per heavy atom. The Balaban J connectivity index is 2.16. The Hall–Kier alpha value is -1.74. The zero-order valence-corrected chi connectivity index (χ0v) is 11.9. The molecule has 3 heteroatoms. The summed E-state index contributed by atoms with van der Waals surface area (Å²) in [6.45, 7) is 2.05. The topological polar surface area (TPSA) is 20.2 Å². The summed E-state index contributed by atoms with van der Waals surface area (Å²) in [4.78, 5) is 0. The van der Waals surface area contributed by atoms with Crippen LogP contribution in [-0.2, 0) is 5.60 Å². The van der Waals surface area contributed by atoms with Gasteiger partial charge in [0.15, 0.2) is 0 Å². The number of rotatable bonds is 4. The van der Waals surface area contributed by atoms with Crippen molar-refractivity contribution in [3.8, 4) is 0 Å². The van der Waals surface area contributed by atoms with Crippen molar-refractivity contribution in [2.75, 3.05) is 0 Å². The van der Waals surface area contributed by atoms with Crippen LogP contribution < -0.4 is 0 Å². The van der Waals surface area contributed by atoms with Crippen LogP contribution in [0.15, 0.2) is 48.5 Å². The SMILES string of the molecule is CCC1(C(O)(c2ccc(F)cc2)c2ccc(F)cc2)CC1. The van der Waals surface area contributed by atoms with Gasteiger partial charge in [0.1, 0.15) is 17.2 Å². The highest BCUT2D eigenvalue weighted by Gasteiger charge is 2.58. The van der Waals surface area contributed by atoms with Crippen molar-refractivity contribution < 1.29 is 13.9 Å². The molecule has 2 aromatic carbocycles. The molecule has 0 bridgehead atoms. The second-order valence-corrected chi connectivity index (χ2v) is 5.86. The summed E-state index contributed by atoms with van der Waals surface area (Å²) in [5, 5.41) is 11.5. The molecule has 0 saturated heterocycles. The lowest BCUT2D eigenvalue weighted by Crippen LogP contribution is -2.37. The molecule has 110 valence electrons. The van der Waals surface area contributed by atoms with Crippen molar-refractivity contribution in [3.05, 3.63) is 71.3 Å². The summed E-state index contributed by atoms with van der Waals surface area (Å²) in [6.07, 6.45) is 2.64. The van der Waals surface area contributed by atoms with E-state index < -0.39 is 5.60 Å². The maximum absolute atomic E-state index is 13.2. The zero-order valence-electron chi connectivity index (χ0n) is 11.9. The highest BCUT2D eigenvalue weighted by molar-refractivity contribution is 5.41. The van der Waals surface area contributed by atoms with Gasteiger partial charge in [-0.05, 0) is 54.7 Å². The standard InChI is InChI=1S/C18H18F2O/c1-2-17(11-12-17)18(21,13-3-7-15(19)8-4-13)14-5-9-16(20)10-6-14/h3-10,21H,2,11-12H2,1H3. The van der Waals surface area contributed by atoms with Gasteiger partial charge in [-0.1, -0.05) is 31.2 Å². The first kappa shape index (κ1) is 14.2. The average molecular weight is 288 g/mol. The smallest absolute Gasteiger partial charge is 0.123 e. The van der Waals surface area contributed by atoms with E-state index in [-0.39, 0.29) is 17.0 Å². The van der Waals surface area contributed by atoms with Crippen molar-refractivity contribution in [2.24, 2.45) is 5.41 Å². The van der Waals surface area contributed by atoms with E-state index in [9.17, 15) is 13.9 Å². The maximum Gasteiger partial charge on any atom is 0.123 e. The molecule has 1 N–H and O–H groups in total. The minimum absolute atomic E-state index is 0.247. The molecular weight excluding hydrogens is 270 g/mol. The second kappa shape index (κ2) is 4.92. The predicted octanol–water partition coefficient (Wildman–Crippen LogP) is 4.39. The first-order chi connectivity index (χ1) is 10.0. The van der Waals surface area contributed by atoms with Gasteiger partial charge in [-0.3, -0.25) is 0 Å². The number of halogens is 2. The third-order valence-electron chi connectivity index (χ3n) is 4.82. The van der Waals surface area contributed by atoms with Crippen LogP contribution in [0.4, 0.5) is 8.78 Å². The lowest BCUT2D eigenvalue weighted by Gasteiger charge is -2.37. The molecule has 0 heterocycles. The third-order valence-corrected chi connectivity index (χ3v) is 4.82. The van der Waals surface area contributed by atoms with Crippen LogP contribution in [0.2, 0.25) is 0 Å². The molecule has 1 aliphatic carbocycles. The van der Waals surface area contributed by atoms with Crippen LogP contribution in [0.1, 0.15) is 37.3 Å². The summed E-state index contributed by atoms with van der Waals surface area (Å²) in [6, 6.07) is 11.9. The van der Waals surface area contributed by atoms with E-state index in [0.717, 1.165) is 19.3 Å². The van der Waals surface area contributed by atoms with Gasteiger partial charge in [-0.2, -0.15) is 0 Å². The van der Waals surface area contributed by atoms with Crippen LogP contribution in [0, 0.1) is 17.0 Å². The normalized spacial score (nSPS) is 16.8. The Morgan fingerprint density at radius 3 is 1.57 bits per heavy atom. The van der Waals surface area contributed by atoms with Crippen LogP contribution in [0.5, 0.6) is 0 Å². The van der Waals surface area contributed by atoms with Crippen LogP contribution in [-0.4, -0.2) is 5.11 Å². The molecular formula is C18H18F2O. The second-order valence-electron chi connectivity index (χ2n) is 5.86. The van der Waals surface area contributed by atoms with E-state index >= 15 is 0 Å². The van der Waals surface area contributed by atoms with Crippen LogP contribution in [0.25, 0.3) is 0 Å². The lowest BCUT2D eigenvalue weighted by molar-refractivity contribution is -0.00138. The van der Waals surface area contributed by atoms with E-state index in [1.165, 1.54) is 24.3 Å². The summed E-state index contributed by atoms with van der Waals surface area (Å²) in [5.74, 6) is -0.664. The minimum atomic E-state index is -1.21. The van der Waals surface area contributed by atoms with Crippen molar-refractivity contribution in [3.63, 3.8) is 0 Å². The molecule has 3 rings (SSSR count). The van der Waals surface area contributed by atoms with Gasteiger partial charge in [-0.25, -0.2) is 8.78 Å². The van der Waals surface area contributed by atoms with E-state index in [2.05, 4.69) is 0 Å². The van der Waals surface area contributed by atoms with Crippen molar-refractivity contribution in [1.29, 1.82) is 0 Å². The molecule has 1 nitrogen and oxygen atoms in total. The fourth-order valence-corrected chi connectivity index (χ4v) is 3.28. The third kappa shape index (κ3) is 2.16. The fraction of sp³-hybridized carbons (Fsp3) is 0.333. The van der Waals surface area contributed by atoms with E-state index in [1.807, 2.05) is 6.92 Å². The summed E-state index contributed by atoms with van der Waals surface area (Å²) >= 11 is 0. The van der Waals surface area contributed by atoms with Gasteiger partial charge in [0.05, 0.1) is 0 Å². The molecule has 0 amide bonds. The minimum Gasteiger partial charge on any atom is -0.380 e. The molecule has 0 unspecified atom stereocenters. The highest BCUT2D eigenvalue weighted by Crippen LogP contribution is 2.62. The van der Waals surface area contributed by atoms with Gasteiger partial charge in [0, 0.05) is 5.41 Å². The van der Waals surface area contributed by atoms with Crippen molar-refractivity contribution in [2.45, 2.75) is 31.8 Å². The largest absolute Gasteiger partial charge is 0.380 e. The Labute approximate surface area is 123 Å². The van der Waals surface area contributed by atoms with Gasteiger partial charge in [0.25, 0.3) is 0 Å². The molecule has 1 aliphatic rings. The van der Waals surface area contributed by atoms with E-state index in [4.69, 9.17) is 0 Å². The number of benzene rings is 2. The molecule has 2 aromatic rings. The fourth-order valence-electron chi connectivity index (χ4n) is 3.28. The zero-order chi connectivity index (χ0) is 15.1. The Bertz CT molecular complexity index is 582. The monoisotopic (exact) mass is 288 g/mol. The van der Waals surface area contributed by atoms with Crippen LogP contribution in [0.3, 0.4) is 0 Å². The number of hydrogen-bond acceptors (Lipinski definition) is 1. The summed E-state index contributed by atoms with van der Waals surface area (Å²) in [5.41, 5.74) is -0.129. The van der Waals surface area contributed by atoms with Crippen molar-refractivity contribution in [1.82, 2.24) is 0 Å². The first-order valence-corrected chi connectivity index (χ1v) is 7.26. The van der Waals surface area contributed by atoms with Crippen LogP contribution >= 0.6 is 0 Å². The van der Waals surface area contributed by atoms with E-state index in [1.54, 1.807) is 24.3 Å². The molecule has 0 aliphatic heterocycles. The molecule has 0 radical (unpaired) electrons. The van der Waals surface area contributed by atoms with Gasteiger partial charge < -0.3 is 5.11 Å². The molecule has 1 fully saturated rings.